The molecule has 0 atom stereocenters. The van der Waals surface area contributed by atoms with Gasteiger partial charge in [0.25, 0.3) is 5.91 Å². The molecule has 1 amide bonds. The average Bonchev–Trinajstić information content (AvgIpc) is 3.23. The minimum Gasteiger partial charge on any atom is -0.365 e. The lowest BCUT2D eigenvalue weighted by molar-refractivity contribution is 0.0747. The smallest absolute Gasteiger partial charge is 0.253 e. The number of aryl methyl sites for hydroxylation is 1. The van der Waals surface area contributed by atoms with Crippen LogP contribution in [0.5, 0.6) is 0 Å². The topological polar surface area (TPSA) is 54.3 Å². The van der Waals surface area contributed by atoms with Gasteiger partial charge < -0.3 is 9.80 Å². The molecule has 0 radical (unpaired) electrons. The van der Waals surface area contributed by atoms with Gasteiger partial charge in [0.2, 0.25) is 0 Å². The molecule has 6 nitrogen and oxygen atoms in total. The Labute approximate surface area is 163 Å². The van der Waals surface area contributed by atoms with E-state index < -0.39 is 0 Å². The summed E-state index contributed by atoms with van der Waals surface area (Å²) in [6.45, 7) is 4.76. The van der Waals surface area contributed by atoms with Crippen LogP contribution in [0.3, 0.4) is 0 Å². The minimum absolute atomic E-state index is 0.0767. The highest BCUT2D eigenvalue weighted by molar-refractivity contribution is 6.33. The van der Waals surface area contributed by atoms with Gasteiger partial charge in [-0.1, -0.05) is 35.4 Å². The van der Waals surface area contributed by atoms with Crippen LogP contribution in [-0.4, -0.2) is 51.8 Å². The number of rotatable bonds is 3. The SMILES string of the molecule is Cc1ccc(C(=O)N2CCN(c3c(Cl)cccc3-n3cnnc3)CC2)cc1. The van der Waals surface area contributed by atoms with E-state index in [1.807, 2.05) is 58.9 Å². The third-order valence-electron chi connectivity index (χ3n) is 4.84. The van der Waals surface area contributed by atoms with E-state index in [2.05, 4.69) is 15.1 Å². The van der Waals surface area contributed by atoms with E-state index in [9.17, 15) is 4.79 Å². The zero-order chi connectivity index (χ0) is 18.8. The van der Waals surface area contributed by atoms with E-state index in [0.717, 1.165) is 35.6 Å². The van der Waals surface area contributed by atoms with Gasteiger partial charge in [0.1, 0.15) is 12.7 Å². The number of hydrogen-bond acceptors (Lipinski definition) is 4. The molecule has 2 heterocycles. The number of aromatic nitrogens is 3. The molecule has 0 unspecified atom stereocenters. The second-order valence-corrected chi connectivity index (χ2v) is 7.03. The minimum atomic E-state index is 0.0767. The van der Waals surface area contributed by atoms with Crippen molar-refractivity contribution in [1.82, 2.24) is 19.7 Å². The highest BCUT2D eigenvalue weighted by Crippen LogP contribution is 2.33. The summed E-state index contributed by atoms with van der Waals surface area (Å²) in [5.74, 6) is 0.0767. The van der Waals surface area contributed by atoms with E-state index >= 15 is 0 Å². The van der Waals surface area contributed by atoms with Crippen LogP contribution in [0.15, 0.2) is 55.1 Å². The van der Waals surface area contributed by atoms with Crippen LogP contribution in [0.1, 0.15) is 15.9 Å². The molecule has 0 saturated carbocycles. The monoisotopic (exact) mass is 381 g/mol. The summed E-state index contributed by atoms with van der Waals surface area (Å²) in [7, 11) is 0. The number of carbonyl (C=O) groups is 1. The van der Waals surface area contributed by atoms with E-state index in [-0.39, 0.29) is 5.91 Å². The van der Waals surface area contributed by atoms with Crippen LogP contribution in [0.4, 0.5) is 5.69 Å². The maximum Gasteiger partial charge on any atom is 0.253 e. The summed E-state index contributed by atoms with van der Waals surface area (Å²) in [5.41, 5.74) is 3.76. The molecule has 4 rings (SSSR count). The third-order valence-corrected chi connectivity index (χ3v) is 5.15. The first-order valence-corrected chi connectivity index (χ1v) is 9.25. The molecule has 0 N–H and O–H groups in total. The van der Waals surface area contributed by atoms with Crippen molar-refractivity contribution in [3.63, 3.8) is 0 Å². The molecule has 7 heteroatoms. The van der Waals surface area contributed by atoms with Gasteiger partial charge in [0, 0.05) is 31.7 Å². The van der Waals surface area contributed by atoms with Crippen LogP contribution in [-0.2, 0) is 0 Å². The molecule has 1 aromatic heterocycles. The van der Waals surface area contributed by atoms with Crippen molar-refractivity contribution >= 4 is 23.2 Å². The Morgan fingerprint density at radius 2 is 1.63 bits per heavy atom. The molecule has 1 saturated heterocycles. The van der Waals surface area contributed by atoms with Crippen molar-refractivity contribution in [2.24, 2.45) is 0 Å². The van der Waals surface area contributed by atoms with E-state index in [1.165, 1.54) is 0 Å². The molecule has 0 spiro atoms. The number of carbonyl (C=O) groups excluding carboxylic acids is 1. The van der Waals surface area contributed by atoms with Gasteiger partial charge >= 0.3 is 0 Å². The Kier molecular flexibility index (Phi) is 4.81. The maximum atomic E-state index is 12.7. The van der Waals surface area contributed by atoms with Crippen molar-refractivity contribution in [2.45, 2.75) is 6.92 Å². The van der Waals surface area contributed by atoms with Gasteiger partial charge in [0.05, 0.1) is 16.4 Å². The molecule has 27 heavy (non-hydrogen) atoms. The fraction of sp³-hybridized carbons (Fsp3) is 0.250. The highest BCUT2D eigenvalue weighted by atomic mass is 35.5. The summed E-state index contributed by atoms with van der Waals surface area (Å²) >= 11 is 6.51. The van der Waals surface area contributed by atoms with Crippen molar-refractivity contribution in [3.05, 3.63) is 71.3 Å². The molecule has 1 aliphatic heterocycles. The number of amides is 1. The van der Waals surface area contributed by atoms with Crippen LogP contribution < -0.4 is 4.90 Å². The predicted molar refractivity (Wildman–Crippen MR) is 106 cm³/mol. The largest absolute Gasteiger partial charge is 0.365 e. The Morgan fingerprint density at radius 1 is 0.963 bits per heavy atom. The molecular formula is C20H20ClN5O. The molecule has 0 aliphatic carbocycles. The molecular weight excluding hydrogens is 362 g/mol. The van der Waals surface area contributed by atoms with Crippen molar-refractivity contribution in [2.75, 3.05) is 31.1 Å². The summed E-state index contributed by atoms with van der Waals surface area (Å²) in [5, 5.41) is 8.46. The fourth-order valence-corrected chi connectivity index (χ4v) is 3.65. The summed E-state index contributed by atoms with van der Waals surface area (Å²) in [6, 6.07) is 13.5. The molecule has 138 valence electrons. The number of hydrogen-bond donors (Lipinski definition) is 0. The van der Waals surface area contributed by atoms with Crippen molar-refractivity contribution < 1.29 is 4.79 Å². The first-order valence-electron chi connectivity index (χ1n) is 8.88. The molecule has 2 aromatic carbocycles. The lowest BCUT2D eigenvalue weighted by atomic mass is 10.1. The van der Waals surface area contributed by atoms with E-state index in [0.29, 0.717) is 18.1 Å². The number of piperazine rings is 1. The lowest BCUT2D eigenvalue weighted by Gasteiger charge is -2.37. The standard InChI is InChI=1S/C20H20ClN5O/c1-15-5-7-16(8-6-15)20(27)25-11-9-24(10-12-25)19-17(21)3-2-4-18(19)26-13-22-23-14-26/h2-8,13-14H,9-12H2,1H3. The van der Waals surface area contributed by atoms with E-state index in [1.54, 1.807) is 12.7 Å². The average molecular weight is 382 g/mol. The van der Waals surface area contributed by atoms with Gasteiger partial charge in [-0.05, 0) is 31.2 Å². The van der Waals surface area contributed by atoms with Crippen LogP contribution in [0, 0.1) is 6.92 Å². The van der Waals surface area contributed by atoms with Crippen molar-refractivity contribution in [1.29, 1.82) is 0 Å². The van der Waals surface area contributed by atoms with Gasteiger partial charge in [-0.15, -0.1) is 10.2 Å². The number of benzene rings is 2. The summed E-state index contributed by atoms with van der Waals surface area (Å²) in [6.07, 6.45) is 3.32. The van der Waals surface area contributed by atoms with Crippen molar-refractivity contribution in [3.8, 4) is 5.69 Å². The van der Waals surface area contributed by atoms with Gasteiger partial charge in [0.15, 0.2) is 0 Å². The zero-order valence-electron chi connectivity index (χ0n) is 15.0. The summed E-state index contributed by atoms with van der Waals surface area (Å²) in [4.78, 5) is 16.9. The molecule has 3 aromatic rings. The second kappa shape index (κ2) is 7.40. The normalized spacial score (nSPS) is 14.4. The van der Waals surface area contributed by atoms with Crippen LogP contribution in [0.25, 0.3) is 5.69 Å². The first kappa shape index (κ1) is 17.5. The maximum absolute atomic E-state index is 12.7. The third kappa shape index (κ3) is 3.53. The van der Waals surface area contributed by atoms with Gasteiger partial charge in [-0.25, -0.2) is 0 Å². The quantitative estimate of drug-likeness (QED) is 0.699. The number of anilines is 1. The molecule has 1 aliphatic rings. The second-order valence-electron chi connectivity index (χ2n) is 6.62. The number of nitrogens with zero attached hydrogens (tertiary/aromatic N) is 5. The Morgan fingerprint density at radius 3 is 2.30 bits per heavy atom. The lowest BCUT2D eigenvalue weighted by Crippen LogP contribution is -2.49. The Balaban J connectivity index is 1.52. The number of para-hydroxylation sites is 1. The highest BCUT2D eigenvalue weighted by Gasteiger charge is 2.25. The zero-order valence-corrected chi connectivity index (χ0v) is 15.8. The van der Waals surface area contributed by atoms with Gasteiger partial charge in [-0.3, -0.25) is 9.36 Å². The Bertz CT molecular complexity index is 932. The predicted octanol–water partition coefficient (Wildman–Crippen LogP) is 3.19. The van der Waals surface area contributed by atoms with E-state index in [4.69, 9.17) is 11.6 Å². The summed E-state index contributed by atoms with van der Waals surface area (Å²) < 4.78 is 1.85. The van der Waals surface area contributed by atoms with Gasteiger partial charge in [-0.2, -0.15) is 0 Å². The first-order chi connectivity index (χ1) is 13.1. The number of halogens is 1. The molecule has 1 fully saturated rings. The Hall–Kier alpha value is -2.86. The molecule has 0 bridgehead atoms. The fourth-order valence-electron chi connectivity index (χ4n) is 3.36. The van der Waals surface area contributed by atoms with Crippen LogP contribution >= 0.6 is 11.6 Å². The van der Waals surface area contributed by atoms with Crippen LogP contribution in [0.2, 0.25) is 5.02 Å².